The van der Waals surface area contributed by atoms with Gasteiger partial charge in [-0.25, -0.2) is 0 Å². The molecule has 1 aliphatic rings. The van der Waals surface area contributed by atoms with Crippen LogP contribution in [0.25, 0.3) is 0 Å². The van der Waals surface area contributed by atoms with E-state index >= 15 is 0 Å². The molecule has 2 rings (SSSR count). The number of halogens is 1. The highest BCUT2D eigenvalue weighted by molar-refractivity contribution is 6.24. The van der Waals surface area contributed by atoms with Crippen LogP contribution in [-0.2, 0) is 0 Å². The Bertz CT molecular complexity index is 485. The lowest BCUT2D eigenvalue weighted by molar-refractivity contribution is 0.0947. The molecule has 1 aromatic rings. The predicted octanol–water partition coefficient (Wildman–Crippen LogP) is 4.00. The van der Waals surface area contributed by atoms with E-state index in [-0.39, 0.29) is 17.1 Å². The lowest BCUT2D eigenvalue weighted by Crippen LogP contribution is -2.18. The second-order valence-corrected chi connectivity index (χ2v) is 4.82. The van der Waals surface area contributed by atoms with Crippen LogP contribution < -0.4 is 0 Å². The average molecular weight is 247 g/mol. The number of carbonyl (C=O) groups excluding carboxylic acids is 1. The van der Waals surface area contributed by atoms with Gasteiger partial charge in [-0.3, -0.25) is 4.79 Å². The smallest absolute Gasteiger partial charge is 0.169 e. The fourth-order valence-electron chi connectivity index (χ4n) is 2.22. The Morgan fingerprint density at radius 3 is 2.47 bits per heavy atom. The van der Waals surface area contributed by atoms with Crippen LogP contribution in [-0.4, -0.2) is 11.2 Å². The summed E-state index contributed by atoms with van der Waals surface area (Å²) in [6.07, 6.45) is 3.92. The van der Waals surface area contributed by atoms with Crippen LogP contribution in [0.15, 0.2) is 53.6 Å². The zero-order valence-corrected chi connectivity index (χ0v) is 10.7. The molecule has 0 heterocycles. The van der Waals surface area contributed by atoms with Gasteiger partial charge in [-0.1, -0.05) is 49.4 Å². The Balaban J connectivity index is 2.25. The summed E-state index contributed by atoms with van der Waals surface area (Å²) >= 11 is 6.20. The van der Waals surface area contributed by atoms with Crippen molar-refractivity contribution in [2.75, 3.05) is 0 Å². The van der Waals surface area contributed by atoms with Crippen molar-refractivity contribution >= 4 is 17.4 Å². The first-order chi connectivity index (χ1) is 8.11. The predicted molar refractivity (Wildman–Crippen MR) is 71.4 cm³/mol. The van der Waals surface area contributed by atoms with Gasteiger partial charge in [0.05, 0.1) is 5.38 Å². The zero-order valence-electron chi connectivity index (χ0n) is 9.98. The minimum absolute atomic E-state index is 0.134. The van der Waals surface area contributed by atoms with Crippen molar-refractivity contribution in [1.82, 2.24) is 0 Å². The molecule has 2 heteroatoms. The second-order valence-electron chi connectivity index (χ2n) is 4.35. The van der Waals surface area contributed by atoms with Gasteiger partial charge < -0.3 is 0 Å². The first kappa shape index (κ1) is 12.1. The minimum Gasteiger partial charge on any atom is -0.294 e. The molecule has 1 aromatic carbocycles. The number of hydrogen-bond donors (Lipinski definition) is 0. The highest BCUT2D eigenvalue weighted by Crippen LogP contribution is 2.31. The third kappa shape index (κ3) is 2.34. The van der Waals surface area contributed by atoms with E-state index in [0.717, 1.165) is 16.7 Å². The molecule has 2 atom stereocenters. The molecular formula is C15H15ClO. The summed E-state index contributed by atoms with van der Waals surface area (Å²) < 4.78 is 0. The van der Waals surface area contributed by atoms with E-state index in [0.29, 0.717) is 0 Å². The number of carbonyl (C=O) groups is 1. The number of rotatable bonds is 3. The van der Waals surface area contributed by atoms with Crippen molar-refractivity contribution < 1.29 is 4.79 Å². The fourth-order valence-corrected chi connectivity index (χ4v) is 2.65. The maximum absolute atomic E-state index is 12.3. The molecule has 0 spiro atoms. The average Bonchev–Trinajstić information content (AvgIpc) is 2.68. The van der Waals surface area contributed by atoms with Crippen molar-refractivity contribution in [3.8, 4) is 0 Å². The quantitative estimate of drug-likeness (QED) is 0.582. The second kappa shape index (κ2) is 4.89. The van der Waals surface area contributed by atoms with Gasteiger partial charge in [-0.15, -0.1) is 11.6 Å². The molecule has 17 heavy (non-hydrogen) atoms. The third-order valence-electron chi connectivity index (χ3n) is 3.19. The summed E-state index contributed by atoms with van der Waals surface area (Å²) in [6.45, 7) is 3.93. The molecule has 0 N–H and O–H groups in total. The van der Waals surface area contributed by atoms with Gasteiger partial charge in [-0.05, 0) is 18.1 Å². The fraction of sp³-hybridized carbons (Fsp3) is 0.267. The van der Waals surface area contributed by atoms with Crippen LogP contribution >= 0.6 is 11.6 Å². The molecule has 0 aliphatic heterocycles. The molecule has 0 fully saturated rings. The standard InChI is InChI=1S/C15H15ClO/c1-10-8-9-13(16)14(10)11(2)15(17)12-6-4-3-5-7-12/h3-9,11,13H,1-2H3. The van der Waals surface area contributed by atoms with Gasteiger partial charge in [0.25, 0.3) is 0 Å². The van der Waals surface area contributed by atoms with Crippen LogP contribution in [0.2, 0.25) is 0 Å². The first-order valence-electron chi connectivity index (χ1n) is 5.73. The number of benzene rings is 1. The highest BCUT2D eigenvalue weighted by Gasteiger charge is 2.26. The van der Waals surface area contributed by atoms with E-state index in [1.54, 1.807) is 0 Å². The highest BCUT2D eigenvalue weighted by atomic mass is 35.5. The van der Waals surface area contributed by atoms with E-state index in [4.69, 9.17) is 11.6 Å². The Kier molecular flexibility index (Phi) is 3.49. The molecule has 0 amide bonds. The molecule has 0 saturated heterocycles. The van der Waals surface area contributed by atoms with Crippen LogP contribution in [0, 0.1) is 5.92 Å². The number of hydrogen-bond acceptors (Lipinski definition) is 1. The summed E-state index contributed by atoms with van der Waals surface area (Å²) in [4.78, 5) is 12.3. The molecule has 2 unspecified atom stereocenters. The van der Waals surface area contributed by atoms with E-state index in [1.165, 1.54) is 0 Å². The Hall–Kier alpha value is -1.34. The maximum atomic E-state index is 12.3. The molecular weight excluding hydrogens is 232 g/mol. The molecule has 0 saturated carbocycles. The Labute approximate surface area is 107 Å². The number of alkyl halides is 1. The van der Waals surface area contributed by atoms with Gasteiger partial charge in [0.15, 0.2) is 5.78 Å². The zero-order chi connectivity index (χ0) is 12.4. The topological polar surface area (TPSA) is 17.1 Å². The SMILES string of the molecule is CC1=C(C(C)C(=O)c2ccccc2)C(Cl)C=C1. The molecule has 1 nitrogen and oxygen atoms in total. The van der Waals surface area contributed by atoms with Crippen molar-refractivity contribution in [1.29, 1.82) is 0 Å². The van der Waals surface area contributed by atoms with Crippen molar-refractivity contribution in [3.63, 3.8) is 0 Å². The maximum Gasteiger partial charge on any atom is 0.169 e. The summed E-state index contributed by atoms with van der Waals surface area (Å²) in [5, 5.41) is -0.141. The molecule has 88 valence electrons. The Morgan fingerprint density at radius 2 is 1.94 bits per heavy atom. The summed E-state index contributed by atoms with van der Waals surface area (Å²) in [6, 6.07) is 9.37. The van der Waals surface area contributed by atoms with Gasteiger partial charge in [0.2, 0.25) is 0 Å². The number of Topliss-reactive ketones (excluding diaryl/α,β-unsaturated/α-hetero) is 1. The van der Waals surface area contributed by atoms with Crippen LogP contribution in [0.3, 0.4) is 0 Å². The summed E-state index contributed by atoms with van der Waals surface area (Å²) in [7, 11) is 0. The van der Waals surface area contributed by atoms with Crippen molar-refractivity contribution in [2.45, 2.75) is 19.2 Å². The van der Waals surface area contributed by atoms with E-state index in [2.05, 4.69) is 0 Å². The monoisotopic (exact) mass is 246 g/mol. The van der Waals surface area contributed by atoms with Crippen LogP contribution in [0.4, 0.5) is 0 Å². The van der Waals surface area contributed by atoms with Crippen LogP contribution in [0.5, 0.6) is 0 Å². The van der Waals surface area contributed by atoms with E-state index in [1.807, 2.05) is 56.3 Å². The van der Waals surface area contributed by atoms with Crippen molar-refractivity contribution in [2.24, 2.45) is 5.92 Å². The van der Waals surface area contributed by atoms with Gasteiger partial charge in [0, 0.05) is 11.5 Å². The molecule has 0 bridgehead atoms. The van der Waals surface area contributed by atoms with Gasteiger partial charge in [-0.2, -0.15) is 0 Å². The molecule has 0 radical (unpaired) electrons. The minimum atomic E-state index is -0.158. The molecule has 1 aliphatic carbocycles. The summed E-state index contributed by atoms with van der Waals surface area (Å²) in [5.74, 6) is -0.0239. The van der Waals surface area contributed by atoms with E-state index in [9.17, 15) is 4.79 Å². The first-order valence-corrected chi connectivity index (χ1v) is 6.17. The third-order valence-corrected chi connectivity index (χ3v) is 3.57. The van der Waals surface area contributed by atoms with Crippen LogP contribution in [0.1, 0.15) is 24.2 Å². The lowest BCUT2D eigenvalue weighted by atomic mass is 9.89. The molecule has 0 aromatic heterocycles. The van der Waals surface area contributed by atoms with E-state index < -0.39 is 0 Å². The van der Waals surface area contributed by atoms with Gasteiger partial charge in [0.1, 0.15) is 0 Å². The van der Waals surface area contributed by atoms with Gasteiger partial charge >= 0.3 is 0 Å². The largest absolute Gasteiger partial charge is 0.294 e. The number of allylic oxidation sites excluding steroid dienone is 4. The summed E-state index contributed by atoms with van der Waals surface area (Å²) in [5.41, 5.74) is 2.89. The Morgan fingerprint density at radius 1 is 1.29 bits per heavy atom. The lowest BCUT2D eigenvalue weighted by Gasteiger charge is -2.16. The van der Waals surface area contributed by atoms with Crippen molar-refractivity contribution in [3.05, 3.63) is 59.2 Å². The normalized spacial score (nSPS) is 20.8. The number of ketones is 1.